The van der Waals surface area contributed by atoms with E-state index in [-0.39, 0.29) is 19.6 Å². The number of hydrogen-bond acceptors (Lipinski definition) is 13. The van der Waals surface area contributed by atoms with Crippen molar-refractivity contribution in [1.82, 2.24) is 9.55 Å². The highest BCUT2D eigenvalue weighted by Crippen LogP contribution is 2.59. The highest BCUT2D eigenvalue weighted by atomic mass is 32.7. The molecule has 3 N–H and O–H groups in total. The number of aliphatic hydroxyl groups excluding tert-OH is 1. The number of rotatable bonds is 7. The van der Waals surface area contributed by atoms with Crippen LogP contribution in [0, 0.1) is 6.92 Å². The van der Waals surface area contributed by atoms with Crippen molar-refractivity contribution in [2.24, 2.45) is 0 Å². The number of nitrogens with zero attached hydrogens (tertiary/aromatic N) is 1. The Hall–Kier alpha value is -0.940. The van der Waals surface area contributed by atoms with Gasteiger partial charge in [-0.25, -0.2) is 9.69 Å². The lowest BCUT2D eigenvalue weighted by molar-refractivity contribution is -0.231. The van der Waals surface area contributed by atoms with E-state index in [0.717, 1.165) is 0 Å². The first-order valence-electron chi connectivity index (χ1n) is 12.3. The largest absolute Gasteiger partial charge is 0.459 e. The van der Waals surface area contributed by atoms with Gasteiger partial charge in [0.2, 0.25) is 0 Å². The fourth-order valence-corrected chi connectivity index (χ4v) is 6.41. The molecule has 0 aromatic carbocycles. The number of aromatic nitrogens is 2. The molecule has 14 nitrogen and oxygen atoms in total. The maximum atomic E-state index is 12.2. The van der Waals surface area contributed by atoms with Gasteiger partial charge in [-0.2, -0.15) is 9.05 Å². The molecule has 38 heavy (non-hydrogen) atoms. The van der Waals surface area contributed by atoms with Crippen LogP contribution in [0.4, 0.5) is 0 Å². The van der Waals surface area contributed by atoms with Gasteiger partial charge in [0.05, 0.1) is 12.7 Å². The van der Waals surface area contributed by atoms with Gasteiger partial charge in [-0.05, 0) is 34.6 Å². The van der Waals surface area contributed by atoms with Crippen LogP contribution in [0.1, 0.15) is 45.9 Å². The average Bonchev–Trinajstić information content (AvgIpc) is 3.51. The van der Waals surface area contributed by atoms with Crippen LogP contribution in [0.25, 0.3) is 0 Å². The van der Waals surface area contributed by atoms with Crippen LogP contribution < -0.4 is 11.2 Å². The second kappa shape index (κ2) is 10.2. The minimum atomic E-state index is -3.92. The highest BCUT2D eigenvalue weighted by molar-refractivity contribution is 8.35. The summed E-state index contributed by atoms with van der Waals surface area (Å²) in [6, 6.07) is 0. The van der Waals surface area contributed by atoms with Crippen LogP contribution in [-0.2, 0) is 49.7 Å². The molecular formula is C22H33N2O12PS. The molecule has 0 aliphatic carbocycles. The third kappa shape index (κ3) is 5.90. The zero-order valence-corrected chi connectivity index (χ0v) is 23.3. The Morgan fingerprint density at radius 3 is 2.58 bits per heavy atom. The predicted octanol–water partition coefficient (Wildman–Crippen LogP) is 0.140. The van der Waals surface area contributed by atoms with Crippen molar-refractivity contribution < 1.29 is 47.5 Å². The molecule has 0 saturated carbocycles. The van der Waals surface area contributed by atoms with E-state index in [1.165, 1.54) is 10.8 Å². The number of nitrogens with one attached hydrogen (secondary N) is 1. The van der Waals surface area contributed by atoms with Crippen molar-refractivity contribution in [1.29, 1.82) is 0 Å². The summed E-state index contributed by atoms with van der Waals surface area (Å²) in [5, 5.41) is 10.5. The first-order valence-corrected chi connectivity index (χ1v) is 14.9. The lowest BCUT2D eigenvalue weighted by Crippen LogP contribution is -2.44. The third-order valence-electron chi connectivity index (χ3n) is 6.74. The van der Waals surface area contributed by atoms with Gasteiger partial charge in [-0.15, -0.1) is 0 Å². The summed E-state index contributed by atoms with van der Waals surface area (Å²) in [7, 11) is -3.92. The van der Waals surface area contributed by atoms with Crippen LogP contribution in [0.2, 0.25) is 0 Å². The first kappa shape index (κ1) is 28.6. The predicted molar refractivity (Wildman–Crippen MR) is 132 cm³/mol. The molecule has 4 saturated heterocycles. The highest BCUT2D eigenvalue weighted by Gasteiger charge is 2.61. The van der Waals surface area contributed by atoms with Gasteiger partial charge in [0.1, 0.15) is 37.3 Å². The van der Waals surface area contributed by atoms with Gasteiger partial charge in [0.15, 0.2) is 24.0 Å². The van der Waals surface area contributed by atoms with E-state index in [4.69, 9.17) is 49.7 Å². The summed E-state index contributed by atoms with van der Waals surface area (Å²) >= 11 is 5.28. The molecule has 0 spiro atoms. The van der Waals surface area contributed by atoms with E-state index >= 15 is 0 Å². The number of aryl methyl sites for hydroxylation is 1. The monoisotopic (exact) mass is 580 g/mol. The molecule has 0 amide bonds. The van der Waals surface area contributed by atoms with Crippen molar-refractivity contribution in [2.45, 2.75) is 102 Å². The van der Waals surface area contributed by atoms with Gasteiger partial charge in [-0.1, -0.05) is 0 Å². The average molecular weight is 581 g/mol. The van der Waals surface area contributed by atoms with Crippen molar-refractivity contribution in [3.05, 3.63) is 32.6 Å². The summed E-state index contributed by atoms with van der Waals surface area (Å²) in [5.74, 6) is -1.77. The number of fused-ring (bicyclic) bond motifs is 1. The summed E-state index contributed by atoms with van der Waals surface area (Å²) in [4.78, 5) is 37.0. The Kier molecular flexibility index (Phi) is 7.64. The Labute approximate surface area is 224 Å². The van der Waals surface area contributed by atoms with Crippen LogP contribution >= 0.6 is 7.15 Å². The molecule has 5 rings (SSSR count). The number of hydrogen-bond donors (Lipinski definition) is 3. The molecule has 1 aromatic heterocycles. The molecule has 4 aliphatic rings. The molecule has 16 heteroatoms. The Morgan fingerprint density at radius 1 is 1.16 bits per heavy atom. The van der Waals surface area contributed by atoms with Crippen molar-refractivity contribution >= 4 is 19.4 Å². The van der Waals surface area contributed by atoms with E-state index in [1.807, 2.05) is 0 Å². The normalized spacial score (nSPS) is 39.4. The molecule has 4 fully saturated rings. The summed E-state index contributed by atoms with van der Waals surface area (Å²) < 4.78 is 47.9. The maximum Gasteiger partial charge on any atom is 0.330 e. The summed E-state index contributed by atoms with van der Waals surface area (Å²) in [6.45, 7) is 8.47. The molecule has 4 aliphatic heterocycles. The zero-order valence-electron chi connectivity index (χ0n) is 21.6. The van der Waals surface area contributed by atoms with Crippen LogP contribution in [0.15, 0.2) is 15.8 Å². The SMILES string of the molecule is Cc1cn([C@H]2C[C@H](O)[C@@H](CO[P+](O)([S-])O[C@@H]3[C@H]4OC(C)(C)O[C@H]4O[C@@H]3[C@H]3COC(C)(C)O3)O2)c(=O)[nH]c1=O. The van der Waals surface area contributed by atoms with E-state index in [1.54, 1.807) is 34.6 Å². The Balaban J connectivity index is 1.25. The number of ether oxygens (including phenoxy) is 6. The molecule has 5 heterocycles. The number of aliphatic hydroxyl groups is 1. The van der Waals surface area contributed by atoms with E-state index in [9.17, 15) is 19.6 Å². The lowest BCUT2D eigenvalue weighted by atomic mass is 10.1. The fraction of sp³-hybridized carbons (Fsp3) is 0.818. The van der Waals surface area contributed by atoms with Crippen molar-refractivity contribution in [2.75, 3.05) is 13.2 Å². The molecule has 1 aromatic rings. The second-order valence-corrected chi connectivity index (χ2v) is 13.5. The second-order valence-electron chi connectivity index (χ2n) is 10.7. The van der Waals surface area contributed by atoms with Crippen molar-refractivity contribution in [3.63, 3.8) is 0 Å². The molecule has 1 unspecified atom stereocenters. The van der Waals surface area contributed by atoms with Crippen LogP contribution in [0.3, 0.4) is 0 Å². The lowest BCUT2D eigenvalue weighted by Gasteiger charge is -2.32. The first-order chi connectivity index (χ1) is 17.6. The smallest absolute Gasteiger partial charge is 0.330 e. The Morgan fingerprint density at radius 2 is 1.89 bits per heavy atom. The molecule has 0 bridgehead atoms. The van der Waals surface area contributed by atoms with Crippen LogP contribution in [0.5, 0.6) is 0 Å². The zero-order chi connectivity index (χ0) is 27.6. The quantitative estimate of drug-likeness (QED) is 0.294. The van der Waals surface area contributed by atoms with Gasteiger partial charge in [0, 0.05) is 18.2 Å². The third-order valence-corrected chi connectivity index (χ3v) is 8.30. The Bertz CT molecular complexity index is 1160. The fourth-order valence-electron chi connectivity index (χ4n) is 4.99. The molecular weight excluding hydrogens is 547 g/mol. The van der Waals surface area contributed by atoms with Crippen molar-refractivity contribution in [3.8, 4) is 0 Å². The standard InChI is InChI=1S/C22H33N2O12PS/c1-10-7-24(20(27)23-18(10)26)14-6-11(25)12(31-14)9-30-37(28,38)36-16-15(13-8-29-21(2,3)33-13)32-19-17(16)34-22(4,5)35-19/h7,11-17,19,25H,6,8-9H2,1-5H3,(H,28,38)(H,23,26,27)/t11-,12+,13+,14+,15+,16-,17+,19+,37?/m0/s1. The minimum absolute atomic E-state index is 0.0614. The number of aromatic amines is 1. The molecule has 9 atom stereocenters. The summed E-state index contributed by atoms with van der Waals surface area (Å²) in [6.07, 6.45) is -5.02. The van der Waals surface area contributed by atoms with Gasteiger partial charge in [-0.3, -0.25) is 14.3 Å². The van der Waals surface area contributed by atoms with Gasteiger partial charge >= 0.3 is 5.69 Å². The minimum Gasteiger partial charge on any atom is -0.459 e. The van der Waals surface area contributed by atoms with Crippen LogP contribution in [-0.4, -0.2) is 87.3 Å². The molecule has 0 radical (unpaired) electrons. The summed E-state index contributed by atoms with van der Waals surface area (Å²) in [5.41, 5.74) is -0.855. The van der Waals surface area contributed by atoms with E-state index in [0.29, 0.717) is 5.56 Å². The van der Waals surface area contributed by atoms with E-state index < -0.39 is 79.1 Å². The topological polar surface area (TPSA) is 169 Å². The van der Waals surface area contributed by atoms with E-state index in [2.05, 4.69) is 4.98 Å². The number of H-pyrrole nitrogens is 1. The molecule has 214 valence electrons. The maximum absolute atomic E-state index is 12.2. The van der Waals surface area contributed by atoms with Gasteiger partial charge in [0.25, 0.3) is 12.7 Å². The van der Waals surface area contributed by atoms with Gasteiger partial charge < -0.3 is 45.8 Å².